The number of nitrogens with zero attached hydrogens (tertiary/aromatic N) is 1. The summed E-state index contributed by atoms with van der Waals surface area (Å²) >= 11 is 0. The van der Waals surface area contributed by atoms with Gasteiger partial charge in [-0.1, -0.05) is 0 Å². The first-order chi connectivity index (χ1) is 9.80. The predicted octanol–water partition coefficient (Wildman–Crippen LogP) is 0.942. The Morgan fingerprint density at radius 3 is 2.38 bits per heavy atom. The molecule has 1 aromatic carbocycles. The molecule has 116 valence electrons. The van der Waals surface area contributed by atoms with E-state index >= 15 is 0 Å². The van der Waals surface area contributed by atoms with E-state index in [4.69, 9.17) is 20.9 Å². The molecule has 1 aromatic rings. The predicted molar refractivity (Wildman–Crippen MR) is 82.6 cm³/mol. The zero-order valence-corrected chi connectivity index (χ0v) is 12.8. The number of methoxy groups -OCH3 is 2. The van der Waals surface area contributed by atoms with Crippen LogP contribution in [-0.4, -0.2) is 32.6 Å². The molecule has 0 aliphatic heterocycles. The van der Waals surface area contributed by atoms with Crippen molar-refractivity contribution < 1.29 is 14.3 Å². The largest absolute Gasteiger partial charge is 0.493 e. The molecule has 5 N–H and O–H groups in total. The Morgan fingerprint density at radius 1 is 1.24 bits per heavy atom. The third-order valence-electron chi connectivity index (χ3n) is 2.97. The summed E-state index contributed by atoms with van der Waals surface area (Å²) in [5, 5.41) is 2.92. The van der Waals surface area contributed by atoms with Crippen LogP contribution in [0.2, 0.25) is 0 Å². The summed E-state index contributed by atoms with van der Waals surface area (Å²) in [6.45, 7) is 3.62. The van der Waals surface area contributed by atoms with Gasteiger partial charge in [0.05, 0.1) is 26.2 Å². The topological polar surface area (TPSA) is 112 Å². The van der Waals surface area contributed by atoms with Crippen LogP contribution in [-0.2, 0) is 4.79 Å². The number of hydrogen-bond acceptors (Lipinski definition) is 4. The van der Waals surface area contributed by atoms with Crippen LogP contribution >= 0.6 is 0 Å². The molecule has 1 rings (SSSR count). The van der Waals surface area contributed by atoms with Gasteiger partial charge in [-0.3, -0.25) is 9.79 Å². The summed E-state index contributed by atoms with van der Waals surface area (Å²) in [5.74, 6) is 0.961. The number of hydrogen-bond donors (Lipinski definition) is 3. The number of nitrogens with two attached hydrogens (primary N) is 2. The molecule has 0 saturated carbocycles. The summed E-state index contributed by atoms with van der Waals surface area (Å²) in [6, 6.07) is 5.27. The fraction of sp³-hybridized carbons (Fsp3) is 0.429. The fourth-order valence-electron chi connectivity index (χ4n) is 1.46. The molecule has 0 aromatic heterocycles. The molecule has 0 aliphatic carbocycles. The van der Waals surface area contributed by atoms with Crippen LogP contribution in [0.15, 0.2) is 23.2 Å². The van der Waals surface area contributed by atoms with Crippen LogP contribution in [0.1, 0.15) is 13.8 Å². The van der Waals surface area contributed by atoms with Crippen LogP contribution in [0.25, 0.3) is 0 Å². The van der Waals surface area contributed by atoms with Crippen LogP contribution in [0, 0.1) is 5.41 Å². The number of carbonyl (C=O) groups excluding carboxylic acids is 1. The Labute approximate surface area is 124 Å². The Kier molecular flexibility index (Phi) is 5.40. The van der Waals surface area contributed by atoms with Gasteiger partial charge in [0.2, 0.25) is 5.91 Å². The normalized spacial score (nSPS) is 11.9. The standard InChI is InChI=1S/C14H22N4O3/c1-14(2,12(15)19)8-17-13(16)18-9-5-6-10(20-3)11(7-9)21-4/h5-7H,8H2,1-4H3,(H2,15,19)(H3,16,17,18). The molecule has 0 spiro atoms. The summed E-state index contributed by atoms with van der Waals surface area (Å²) in [7, 11) is 3.11. The third kappa shape index (κ3) is 4.55. The molecule has 7 nitrogen and oxygen atoms in total. The van der Waals surface area contributed by atoms with Gasteiger partial charge in [0.1, 0.15) is 0 Å². The Hall–Kier alpha value is -2.44. The van der Waals surface area contributed by atoms with Crippen molar-refractivity contribution in [2.45, 2.75) is 13.8 Å². The van der Waals surface area contributed by atoms with Crippen molar-refractivity contribution in [3.8, 4) is 11.5 Å². The van der Waals surface area contributed by atoms with E-state index in [0.717, 1.165) is 0 Å². The number of benzene rings is 1. The lowest BCUT2D eigenvalue weighted by atomic mass is 9.93. The Balaban J connectivity index is 2.79. The van der Waals surface area contributed by atoms with E-state index in [1.54, 1.807) is 46.3 Å². The van der Waals surface area contributed by atoms with Gasteiger partial charge in [0, 0.05) is 11.8 Å². The zero-order chi connectivity index (χ0) is 16.0. The summed E-state index contributed by atoms with van der Waals surface area (Å²) in [4.78, 5) is 15.3. The van der Waals surface area contributed by atoms with Gasteiger partial charge in [-0.05, 0) is 26.0 Å². The highest BCUT2D eigenvalue weighted by Gasteiger charge is 2.24. The van der Waals surface area contributed by atoms with Crippen molar-refractivity contribution in [1.29, 1.82) is 0 Å². The molecule has 0 saturated heterocycles. The minimum absolute atomic E-state index is 0.191. The monoisotopic (exact) mass is 294 g/mol. The molecular formula is C14H22N4O3. The molecule has 0 aliphatic rings. The lowest BCUT2D eigenvalue weighted by Gasteiger charge is -2.18. The maximum atomic E-state index is 11.2. The van der Waals surface area contributed by atoms with Crippen LogP contribution < -0.4 is 26.3 Å². The smallest absolute Gasteiger partial charge is 0.224 e. The molecule has 0 radical (unpaired) electrons. The first-order valence-corrected chi connectivity index (χ1v) is 6.39. The second-order valence-electron chi connectivity index (χ2n) is 5.14. The number of carbonyl (C=O) groups is 1. The van der Waals surface area contributed by atoms with E-state index in [9.17, 15) is 4.79 Å². The van der Waals surface area contributed by atoms with E-state index < -0.39 is 11.3 Å². The number of primary amides is 1. The molecule has 0 bridgehead atoms. The number of amides is 1. The van der Waals surface area contributed by atoms with E-state index in [1.807, 2.05) is 0 Å². The van der Waals surface area contributed by atoms with Crippen molar-refractivity contribution in [3.05, 3.63) is 18.2 Å². The number of ether oxygens (including phenoxy) is 2. The first kappa shape index (κ1) is 16.6. The van der Waals surface area contributed by atoms with Gasteiger partial charge in [-0.25, -0.2) is 0 Å². The number of anilines is 1. The maximum Gasteiger partial charge on any atom is 0.224 e. The van der Waals surface area contributed by atoms with Crippen LogP contribution in [0.3, 0.4) is 0 Å². The zero-order valence-electron chi connectivity index (χ0n) is 12.8. The van der Waals surface area contributed by atoms with Gasteiger partial charge >= 0.3 is 0 Å². The molecule has 7 heteroatoms. The van der Waals surface area contributed by atoms with Gasteiger partial charge in [0.25, 0.3) is 0 Å². The number of guanidine groups is 1. The minimum atomic E-state index is -0.746. The highest BCUT2D eigenvalue weighted by atomic mass is 16.5. The maximum absolute atomic E-state index is 11.2. The quantitative estimate of drug-likeness (QED) is 0.534. The molecular weight excluding hydrogens is 272 g/mol. The van der Waals surface area contributed by atoms with Crippen molar-refractivity contribution >= 4 is 17.6 Å². The van der Waals surface area contributed by atoms with Crippen LogP contribution in [0.5, 0.6) is 11.5 Å². The molecule has 0 atom stereocenters. The number of nitrogens with one attached hydrogen (secondary N) is 1. The average molecular weight is 294 g/mol. The summed E-state index contributed by atoms with van der Waals surface area (Å²) < 4.78 is 10.3. The first-order valence-electron chi connectivity index (χ1n) is 6.39. The van der Waals surface area contributed by atoms with E-state index in [1.165, 1.54) is 0 Å². The van der Waals surface area contributed by atoms with E-state index in [2.05, 4.69) is 10.3 Å². The lowest BCUT2D eigenvalue weighted by molar-refractivity contribution is -0.125. The number of rotatable bonds is 6. The average Bonchev–Trinajstić information content (AvgIpc) is 2.45. The van der Waals surface area contributed by atoms with Gasteiger partial charge in [-0.15, -0.1) is 0 Å². The second-order valence-corrected chi connectivity index (χ2v) is 5.14. The molecule has 0 heterocycles. The third-order valence-corrected chi connectivity index (χ3v) is 2.97. The second kappa shape index (κ2) is 6.83. The van der Waals surface area contributed by atoms with E-state index in [-0.39, 0.29) is 12.5 Å². The van der Waals surface area contributed by atoms with Gasteiger partial charge in [-0.2, -0.15) is 0 Å². The van der Waals surface area contributed by atoms with Crippen molar-refractivity contribution in [1.82, 2.24) is 0 Å². The molecule has 1 amide bonds. The summed E-state index contributed by atoms with van der Waals surface area (Å²) in [6.07, 6.45) is 0. The molecule has 0 unspecified atom stereocenters. The van der Waals surface area contributed by atoms with Crippen molar-refractivity contribution in [3.63, 3.8) is 0 Å². The van der Waals surface area contributed by atoms with Crippen molar-refractivity contribution in [2.75, 3.05) is 26.1 Å². The molecule has 21 heavy (non-hydrogen) atoms. The van der Waals surface area contributed by atoms with Gasteiger partial charge in [0.15, 0.2) is 17.5 Å². The minimum Gasteiger partial charge on any atom is -0.493 e. The fourth-order valence-corrected chi connectivity index (χ4v) is 1.46. The number of aliphatic imine (C=N–C) groups is 1. The van der Waals surface area contributed by atoms with Crippen LogP contribution in [0.4, 0.5) is 5.69 Å². The van der Waals surface area contributed by atoms with Gasteiger partial charge < -0.3 is 26.3 Å². The SMILES string of the molecule is COc1ccc(NC(N)=NCC(C)(C)C(N)=O)cc1OC. The highest BCUT2D eigenvalue weighted by molar-refractivity contribution is 5.93. The Morgan fingerprint density at radius 2 is 1.86 bits per heavy atom. The Bertz CT molecular complexity index is 541. The lowest BCUT2D eigenvalue weighted by Crippen LogP contribution is -2.35. The van der Waals surface area contributed by atoms with Crippen molar-refractivity contribution in [2.24, 2.45) is 21.9 Å². The molecule has 0 fully saturated rings. The summed E-state index contributed by atoms with van der Waals surface area (Å²) in [5.41, 5.74) is 11.0. The van der Waals surface area contributed by atoms with E-state index in [0.29, 0.717) is 17.2 Å². The highest BCUT2D eigenvalue weighted by Crippen LogP contribution is 2.29.